The fraction of sp³-hybridized carbons (Fsp3) is 0.714. The minimum atomic E-state index is 0.538. The third-order valence-electron chi connectivity index (χ3n) is 1.49. The Kier molecular flexibility index (Phi) is 2.96. The van der Waals surface area contributed by atoms with Gasteiger partial charge in [-0.25, -0.2) is 0 Å². The van der Waals surface area contributed by atoms with Gasteiger partial charge in [0.25, 0.3) is 0 Å². The molecular formula is C7H10OS. The highest BCUT2D eigenvalue weighted by atomic mass is 32.1. The summed E-state index contributed by atoms with van der Waals surface area (Å²) >= 11 is 3.83. The van der Waals surface area contributed by atoms with Crippen LogP contribution in [0.2, 0.25) is 0 Å². The van der Waals surface area contributed by atoms with Crippen molar-refractivity contribution in [2.24, 2.45) is 5.92 Å². The summed E-state index contributed by atoms with van der Waals surface area (Å²) in [5.74, 6) is 3.56. The second-order valence-electron chi connectivity index (χ2n) is 2.14. The molecule has 1 nitrogen and oxygen atoms in total. The van der Waals surface area contributed by atoms with Crippen molar-refractivity contribution >= 4 is 12.6 Å². The van der Waals surface area contributed by atoms with E-state index in [2.05, 4.69) is 23.8 Å². The van der Waals surface area contributed by atoms with Crippen LogP contribution in [0.3, 0.4) is 0 Å². The lowest BCUT2D eigenvalue weighted by Gasteiger charge is -2.16. The van der Waals surface area contributed by atoms with Gasteiger partial charge >= 0.3 is 0 Å². The highest BCUT2D eigenvalue weighted by molar-refractivity contribution is 7.85. The molecule has 0 atom stereocenters. The Morgan fingerprint density at radius 3 is 2.56 bits per heavy atom. The standard InChI is InChI=1S/C7H10OS/c9-6-3-7-1-4-8-5-2-7/h7,9H,1-2,4-5H2. The van der Waals surface area contributed by atoms with Gasteiger partial charge in [0.2, 0.25) is 0 Å². The molecule has 0 aliphatic carbocycles. The van der Waals surface area contributed by atoms with Gasteiger partial charge in [-0.05, 0) is 18.1 Å². The fourth-order valence-electron chi connectivity index (χ4n) is 0.933. The average Bonchev–Trinajstić information content (AvgIpc) is 1.91. The summed E-state index contributed by atoms with van der Waals surface area (Å²) in [5, 5.41) is 2.63. The van der Waals surface area contributed by atoms with E-state index >= 15 is 0 Å². The third kappa shape index (κ3) is 2.30. The van der Waals surface area contributed by atoms with Gasteiger partial charge in [0, 0.05) is 19.1 Å². The van der Waals surface area contributed by atoms with Gasteiger partial charge in [0.1, 0.15) is 0 Å². The molecule has 1 fully saturated rings. The van der Waals surface area contributed by atoms with E-state index in [1.54, 1.807) is 0 Å². The van der Waals surface area contributed by atoms with E-state index in [1.807, 2.05) is 0 Å². The molecule has 50 valence electrons. The van der Waals surface area contributed by atoms with Crippen LogP contribution < -0.4 is 0 Å². The summed E-state index contributed by atoms with van der Waals surface area (Å²) in [6.07, 6.45) is 2.15. The zero-order valence-electron chi connectivity index (χ0n) is 5.26. The van der Waals surface area contributed by atoms with Gasteiger partial charge in [-0.2, -0.15) is 0 Å². The van der Waals surface area contributed by atoms with Crippen LogP contribution in [0, 0.1) is 17.1 Å². The third-order valence-corrected chi connectivity index (χ3v) is 1.62. The monoisotopic (exact) mass is 142 g/mol. The van der Waals surface area contributed by atoms with Crippen LogP contribution in [0.4, 0.5) is 0 Å². The lowest BCUT2D eigenvalue weighted by atomic mass is 10.0. The molecule has 0 aromatic heterocycles. The van der Waals surface area contributed by atoms with Crippen molar-refractivity contribution in [2.45, 2.75) is 12.8 Å². The van der Waals surface area contributed by atoms with Crippen LogP contribution in [0.25, 0.3) is 0 Å². The number of ether oxygens (including phenoxy) is 1. The van der Waals surface area contributed by atoms with Crippen LogP contribution in [-0.4, -0.2) is 13.2 Å². The summed E-state index contributed by atoms with van der Waals surface area (Å²) in [7, 11) is 0. The predicted octanol–water partition coefficient (Wildman–Crippen LogP) is 1.30. The molecule has 9 heavy (non-hydrogen) atoms. The molecule has 1 saturated heterocycles. The van der Waals surface area contributed by atoms with Crippen molar-refractivity contribution in [3.63, 3.8) is 0 Å². The first-order valence-corrected chi connectivity index (χ1v) is 3.60. The van der Waals surface area contributed by atoms with E-state index in [0.717, 1.165) is 26.1 Å². The average molecular weight is 142 g/mol. The first kappa shape index (κ1) is 6.98. The lowest BCUT2D eigenvalue weighted by molar-refractivity contribution is 0.0807. The van der Waals surface area contributed by atoms with Crippen LogP contribution >= 0.6 is 12.6 Å². The second kappa shape index (κ2) is 3.81. The first-order chi connectivity index (χ1) is 4.43. The summed E-state index contributed by atoms with van der Waals surface area (Å²) in [6, 6.07) is 0. The minimum absolute atomic E-state index is 0.538. The van der Waals surface area contributed by atoms with E-state index in [4.69, 9.17) is 4.74 Å². The highest BCUT2D eigenvalue weighted by Crippen LogP contribution is 2.12. The minimum Gasteiger partial charge on any atom is -0.381 e. The Morgan fingerprint density at radius 2 is 2.00 bits per heavy atom. The highest BCUT2D eigenvalue weighted by Gasteiger charge is 2.09. The van der Waals surface area contributed by atoms with E-state index in [1.165, 1.54) is 0 Å². The Labute approximate surface area is 61.2 Å². The van der Waals surface area contributed by atoms with Gasteiger partial charge < -0.3 is 4.74 Å². The molecule has 0 radical (unpaired) electrons. The molecule has 1 aliphatic heterocycles. The molecule has 2 heteroatoms. The molecule has 0 aromatic carbocycles. The summed E-state index contributed by atoms with van der Waals surface area (Å²) in [4.78, 5) is 0. The van der Waals surface area contributed by atoms with Crippen LogP contribution in [0.5, 0.6) is 0 Å². The lowest BCUT2D eigenvalue weighted by Crippen LogP contribution is -2.13. The molecule has 1 rings (SSSR count). The Bertz CT molecular complexity index is 128. The zero-order chi connectivity index (χ0) is 6.53. The van der Waals surface area contributed by atoms with Crippen molar-refractivity contribution in [2.75, 3.05) is 13.2 Å². The molecule has 0 saturated carbocycles. The molecule has 0 N–H and O–H groups in total. The number of hydrogen-bond donors (Lipinski definition) is 1. The zero-order valence-corrected chi connectivity index (χ0v) is 6.16. The molecule has 1 heterocycles. The van der Waals surface area contributed by atoms with Crippen molar-refractivity contribution in [3.8, 4) is 11.2 Å². The number of thiol groups is 1. The van der Waals surface area contributed by atoms with Crippen LogP contribution in [0.15, 0.2) is 0 Å². The maximum atomic E-state index is 5.15. The molecule has 1 aliphatic rings. The van der Waals surface area contributed by atoms with E-state index in [-0.39, 0.29) is 0 Å². The van der Waals surface area contributed by atoms with E-state index < -0.39 is 0 Å². The fourth-order valence-corrected chi connectivity index (χ4v) is 1.12. The smallest absolute Gasteiger partial charge is 0.0477 e. The number of rotatable bonds is 0. The van der Waals surface area contributed by atoms with Gasteiger partial charge in [0.15, 0.2) is 0 Å². The van der Waals surface area contributed by atoms with Crippen molar-refractivity contribution < 1.29 is 4.74 Å². The maximum absolute atomic E-state index is 5.15. The Hall–Kier alpha value is -0.130. The molecule has 0 unspecified atom stereocenters. The Morgan fingerprint density at radius 1 is 1.33 bits per heavy atom. The summed E-state index contributed by atoms with van der Waals surface area (Å²) in [6.45, 7) is 1.74. The molecule has 0 amide bonds. The summed E-state index contributed by atoms with van der Waals surface area (Å²) < 4.78 is 5.15. The van der Waals surface area contributed by atoms with Crippen LogP contribution in [0.1, 0.15) is 12.8 Å². The Balaban J connectivity index is 2.28. The SMILES string of the molecule is SC#CC1CCOCC1. The quantitative estimate of drug-likeness (QED) is 0.396. The molecule has 0 aromatic rings. The molecule has 0 bridgehead atoms. The van der Waals surface area contributed by atoms with Crippen molar-refractivity contribution in [1.82, 2.24) is 0 Å². The largest absolute Gasteiger partial charge is 0.381 e. The topological polar surface area (TPSA) is 9.23 Å². The predicted molar refractivity (Wildman–Crippen MR) is 40.3 cm³/mol. The number of hydrogen-bond acceptors (Lipinski definition) is 2. The van der Waals surface area contributed by atoms with Gasteiger partial charge in [-0.15, -0.1) is 0 Å². The normalized spacial score (nSPS) is 20.6. The van der Waals surface area contributed by atoms with Gasteiger partial charge in [0.05, 0.1) is 0 Å². The second-order valence-corrected chi connectivity index (χ2v) is 2.37. The molecule has 0 spiro atoms. The van der Waals surface area contributed by atoms with Crippen LogP contribution in [-0.2, 0) is 4.74 Å². The first-order valence-electron chi connectivity index (χ1n) is 3.16. The van der Waals surface area contributed by atoms with Crippen molar-refractivity contribution in [1.29, 1.82) is 0 Å². The maximum Gasteiger partial charge on any atom is 0.0477 e. The molecular weight excluding hydrogens is 132 g/mol. The van der Waals surface area contributed by atoms with Gasteiger partial charge in [-0.3, -0.25) is 0 Å². The van der Waals surface area contributed by atoms with Crippen molar-refractivity contribution in [3.05, 3.63) is 0 Å². The van der Waals surface area contributed by atoms with E-state index in [9.17, 15) is 0 Å². The summed E-state index contributed by atoms with van der Waals surface area (Å²) in [5.41, 5.74) is 0. The van der Waals surface area contributed by atoms with Gasteiger partial charge in [-0.1, -0.05) is 18.5 Å². The van der Waals surface area contributed by atoms with E-state index in [0.29, 0.717) is 5.92 Å².